The highest BCUT2D eigenvalue weighted by molar-refractivity contribution is 5.88. The predicted octanol–water partition coefficient (Wildman–Crippen LogP) is 3.78. The Balaban J connectivity index is 1.85. The average Bonchev–Trinajstić information content (AvgIpc) is 3.12. The predicted molar refractivity (Wildman–Crippen MR) is 110 cm³/mol. The molecule has 0 bridgehead atoms. The van der Waals surface area contributed by atoms with Crippen molar-refractivity contribution in [2.24, 2.45) is 10.7 Å². The summed E-state index contributed by atoms with van der Waals surface area (Å²) in [4.78, 5) is 9.15. The topological polar surface area (TPSA) is 69.7 Å². The second-order valence-corrected chi connectivity index (χ2v) is 6.88. The van der Waals surface area contributed by atoms with E-state index in [0.29, 0.717) is 12.3 Å². The van der Waals surface area contributed by atoms with Gasteiger partial charge in [0, 0.05) is 25.9 Å². The Hall–Kier alpha value is -3.18. The molecule has 0 radical (unpaired) electrons. The fourth-order valence-electron chi connectivity index (χ4n) is 3.80. The summed E-state index contributed by atoms with van der Waals surface area (Å²) in [5.74, 6) is 1.33. The number of amidine groups is 1. The van der Waals surface area contributed by atoms with Gasteiger partial charge in [-0.15, -0.1) is 0 Å². The highest BCUT2D eigenvalue weighted by Crippen LogP contribution is 2.44. The molecule has 1 aliphatic rings. The van der Waals surface area contributed by atoms with Crippen molar-refractivity contribution in [3.63, 3.8) is 0 Å². The first-order chi connectivity index (χ1) is 13.7. The van der Waals surface area contributed by atoms with E-state index in [0.717, 1.165) is 28.0 Å². The number of methoxy groups -OCH3 is 2. The van der Waals surface area contributed by atoms with E-state index in [9.17, 15) is 0 Å². The third kappa shape index (κ3) is 3.14. The van der Waals surface area contributed by atoms with Gasteiger partial charge in [-0.05, 0) is 46.5 Å². The SMILES string of the molecule is COc1ccc([C@]2(c3cccc(-c4cccnc4)c3)C[C@@H](OC)C(N)=N2)cc1. The minimum Gasteiger partial charge on any atom is -0.497 e. The van der Waals surface area contributed by atoms with Gasteiger partial charge in [0.15, 0.2) is 0 Å². The van der Waals surface area contributed by atoms with Crippen LogP contribution in [-0.2, 0) is 10.3 Å². The second kappa shape index (κ2) is 7.44. The molecule has 3 aromatic rings. The first-order valence-corrected chi connectivity index (χ1v) is 9.20. The summed E-state index contributed by atoms with van der Waals surface area (Å²) in [5.41, 5.74) is 9.91. The molecule has 28 heavy (non-hydrogen) atoms. The van der Waals surface area contributed by atoms with Gasteiger partial charge in [-0.1, -0.05) is 36.4 Å². The number of hydrogen-bond acceptors (Lipinski definition) is 5. The first-order valence-electron chi connectivity index (χ1n) is 9.20. The van der Waals surface area contributed by atoms with E-state index in [4.69, 9.17) is 20.2 Å². The molecule has 1 aliphatic heterocycles. The van der Waals surface area contributed by atoms with E-state index in [1.807, 2.05) is 36.5 Å². The molecule has 0 saturated heterocycles. The summed E-state index contributed by atoms with van der Waals surface area (Å²) in [7, 11) is 3.33. The lowest BCUT2D eigenvalue weighted by Gasteiger charge is -2.28. The fraction of sp³-hybridized carbons (Fsp3) is 0.217. The molecule has 0 fully saturated rings. The van der Waals surface area contributed by atoms with Crippen molar-refractivity contribution in [1.82, 2.24) is 4.98 Å². The van der Waals surface area contributed by atoms with Crippen molar-refractivity contribution in [1.29, 1.82) is 0 Å². The van der Waals surface area contributed by atoms with E-state index in [2.05, 4.69) is 35.3 Å². The van der Waals surface area contributed by atoms with E-state index in [-0.39, 0.29) is 6.10 Å². The highest BCUT2D eigenvalue weighted by atomic mass is 16.5. The molecular weight excluding hydrogens is 350 g/mol. The molecule has 0 unspecified atom stereocenters. The summed E-state index contributed by atoms with van der Waals surface area (Å²) < 4.78 is 10.9. The Labute approximate surface area is 164 Å². The molecule has 2 N–H and O–H groups in total. The number of nitrogens with two attached hydrogens (primary N) is 1. The van der Waals surface area contributed by atoms with Crippen LogP contribution >= 0.6 is 0 Å². The molecule has 4 rings (SSSR count). The second-order valence-electron chi connectivity index (χ2n) is 6.88. The average molecular weight is 373 g/mol. The maximum Gasteiger partial charge on any atom is 0.125 e. The van der Waals surface area contributed by atoms with Gasteiger partial charge in [0.25, 0.3) is 0 Å². The van der Waals surface area contributed by atoms with E-state index >= 15 is 0 Å². The van der Waals surface area contributed by atoms with Crippen LogP contribution in [0.2, 0.25) is 0 Å². The van der Waals surface area contributed by atoms with E-state index in [1.54, 1.807) is 20.4 Å². The molecule has 0 saturated carbocycles. The molecule has 1 aromatic heterocycles. The Kier molecular flexibility index (Phi) is 4.84. The Morgan fingerprint density at radius 3 is 2.39 bits per heavy atom. The number of aromatic nitrogens is 1. The number of rotatable bonds is 5. The zero-order valence-corrected chi connectivity index (χ0v) is 16.0. The van der Waals surface area contributed by atoms with Gasteiger partial charge in [-0.25, -0.2) is 0 Å². The Morgan fingerprint density at radius 2 is 1.75 bits per heavy atom. The molecule has 2 atom stereocenters. The molecular formula is C23H23N3O2. The van der Waals surface area contributed by atoms with Crippen LogP contribution < -0.4 is 10.5 Å². The van der Waals surface area contributed by atoms with Gasteiger partial charge >= 0.3 is 0 Å². The standard InChI is InChI=1S/C23H23N3O2/c1-27-20-10-8-18(9-11-20)23(14-21(28-2)22(24)26-23)19-7-3-5-16(13-19)17-6-4-12-25-15-17/h3-13,15,21H,14H2,1-2H3,(H2,24,26)/t21-,23+/m1/s1. The summed E-state index contributed by atoms with van der Waals surface area (Å²) >= 11 is 0. The van der Waals surface area contributed by atoms with Crippen molar-refractivity contribution in [3.8, 4) is 16.9 Å². The molecule has 0 amide bonds. The zero-order chi connectivity index (χ0) is 19.6. The van der Waals surface area contributed by atoms with Gasteiger partial charge < -0.3 is 15.2 Å². The quantitative estimate of drug-likeness (QED) is 0.739. The number of benzene rings is 2. The van der Waals surface area contributed by atoms with Crippen molar-refractivity contribution < 1.29 is 9.47 Å². The summed E-state index contributed by atoms with van der Waals surface area (Å²) in [6, 6.07) is 20.4. The molecule has 5 nitrogen and oxygen atoms in total. The Morgan fingerprint density at radius 1 is 0.964 bits per heavy atom. The van der Waals surface area contributed by atoms with Crippen LogP contribution in [0.4, 0.5) is 0 Å². The summed E-state index contributed by atoms with van der Waals surface area (Å²) in [5, 5.41) is 0. The van der Waals surface area contributed by atoms with Gasteiger partial charge in [-0.2, -0.15) is 0 Å². The normalized spacial score (nSPS) is 21.4. The Bertz CT molecular complexity index is 986. The van der Waals surface area contributed by atoms with Crippen LogP contribution in [-0.4, -0.2) is 31.1 Å². The highest BCUT2D eigenvalue weighted by Gasteiger charge is 2.43. The number of pyridine rings is 1. The van der Waals surface area contributed by atoms with Gasteiger partial charge in [0.05, 0.1) is 7.11 Å². The maximum atomic E-state index is 6.24. The largest absolute Gasteiger partial charge is 0.497 e. The lowest BCUT2D eigenvalue weighted by molar-refractivity contribution is 0.142. The molecule has 0 aliphatic carbocycles. The third-order valence-corrected chi connectivity index (χ3v) is 5.32. The number of ether oxygens (including phenoxy) is 2. The minimum atomic E-state index is -0.602. The lowest BCUT2D eigenvalue weighted by Crippen LogP contribution is -2.28. The monoisotopic (exact) mass is 373 g/mol. The number of nitrogens with zero attached hydrogens (tertiary/aromatic N) is 2. The van der Waals surface area contributed by atoms with Gasteiger partial charge in [0.1, 0.15) is 23.2 Å². The molecule has 0 spiro atoms. The fourth-order valence-corrected chi connectivity index (χ4v) is 3.80. The molecule has 5 heteroatoms. The van der Waals surface area contributed by atoms with Gasteiger partial charge in [-0.3, -0.25) is 9.98 Å². The van der Waals surface area contributed by atoms with Crippen molar-refractivity contribution in [3.05, 3.63) is 84.2 Å². The minimum absolute atomic E-state index is 0.218. The van der Waals surface area contributed by atoms with Crippen LogP contribution in [0.1, 0.15) is 17.5 Å². The first kappa shape index (κ1) is 18.2. The summed E-state index contributed by atoms with van der Waals surface area (Å²) in [6.45, 7) is 0. The summed E-state index contributed by atoms with van der Waals surface area (Å²) in [6.07, 6.45) is 4.07. The maximum absolute atomic E-state index is 6.24. The van der Waals surface area contributed by atoms with E-state index < -0.39 is 5.54 Å². The number of hydrogen-bond donors (Lipinski definition) is 1. The smallest absolute Gasteiger partial charge is 0.125 e. The molecule has 2 heterocycles. The van der Waals surface area contributed by atoms with Crippen LogP contribution in [0.3, 0.4) is 0 Å². The van der Waals surface area contributed by atoms with Crippen molar-refractivity contribution in [2.75, 3.05) is 14.2 Å². The van der Waals surface area contributed by atoms with Crippen molar-refractivity contribution >= 4 is 5.84 Å². The van der Waals surface area contributed by atoms with Crippen LogP contribution in [0.25, 0.3) is 11.1 Å². The van der Waals surface area contributed by atoms with Crippen LogP contribution in [0, 0.1) is 0 Å². The molecule has 2 aromatic carbocycles. The van der Waals surface area contributed by atoms with Crippen molar-refractivity contribution in [2.45, 2.75) is 18.1 Å². The van der Waals surface area contributed by atoms with Crippen LogP contribution in [0.15, 0.2) is 78.0 Å². The lowest BCUT2D eigenvalue weighted by atomic mass is 9.80. The third-order valence-electron chi connectivity index (χ3n) is 5.32. The number of aliphatic imine (C=N–C) groups is 1. The van der Waals surface area contributed by atoms with Gasteiger partial charge in [0.2, 0.25) is 0 Å². The zero-order valence-electron chi connectivity index (χ0n) is 16.0. The van der Waals surface area contributed by atoms with Crippen LogP contribution in [0.5, 0.6) is 5.75 Å². The molecule has 142 valence electrons. The van der Waals surface area contributed by atoms with E-state index in [1.165, 1.54) is 0 Å².